The van der Waals surface area contributed by atoms with E-state index < -0.39 is 0 Å². The van der Waals surface area contributed by atoms with Crippen LogP contribution in [0.3, 0.4) is 0 Å². The minimum atomic E-state index is -0.0681. The summed E-state index contributed by atoms with van der Waals surface area (Å²) in [4.78, 5) is 16.8. The van der Waals surface area contributed by atoms with Crippen LogP contribution in [-0.2, 0) is 6.54 Å². The Hall–Kier alpha value is -2.34. The zero-order chi connectivity index (χ0) is 14.8. The number of ether oxygens (including phenoxy) is 2. The van der Waals surface area contributed by atoms with Crippen molar-refractivity contribution < 1.29 is 9.47 Å². The summed E-state index contributed by atoms with van der Waals surface area (Å²) >= 11 is 1.52. The van der Waals surface area contributed by atoms with Gasteiger partial charge in [-0.3, -0.25) is 4.79 Å². The Labute approximate surface area is 125 Å². The largest absolute Gasteiger partial charge is 0.493 e. The monoisotopic (exact) mass is 302 g/mol. The molecular formula is C15H14N2O3S. The number of benzene rings is 1. The molecule has 0 spiro atoms. The van der Waals surface area contributed by atoms with Gasteiger partial charge in [0.05, 0.1) is 37.4 Å². The summed E-state index contributed by atoms with van der Waals surface area (Å²) in [5.41, 5.74) is 2.57. The number of methoxy groups -OCH3 is 2. The van der Waals surface area contributed by atoms with Gasteiger partial charge in [0.25, 0.3) is 5.56 Å². The first-order valence-corrected chi connectivity index (χ1v) is 7.30. The minimum absolute atomic E-state index is 0.0681. The molecule has 0 amide bonds. The third kappa shape index (κ3) is 2.38. The van der Waals surface area contributed by atoms with Crippen LogP contribution in [0.2, 0.25) is 0 Å². The van der Waals surface area contributed by atoms with Crippen molar-refractivity contribution in [2.45, 2.75) is 6.54 Å². The van der Waals surface area contributed by atoms with E-state index in [4.69, 9.17) is 9.47 Å². The van der Waals surface area contributed by atoms with E-state index >= 15 is 0 Å². The molecule has 5 nitrogen and oxygen atoms in total. The van der Waals surface area contributed by atoms with E-state index in [-0.39, 0.29) is 5.56 Å². The average molecular weight is 302 g/mol. The van der Waals surface area contributed by atoms with Crippen LogP contribution in [0.5, 0.6) is 11.5 Å². The molecule has 21 heavy (non-hydrogen) atoms. The van der Waals surface area contributed by atoms with E-state index in [0.717, 1.165) is 11.1 Å². The number of thiazole rings is 1. The molecule has 0 aliphatic rings. The number of rotatable bonds is 4. The van der Waals surface area contributed by atoms with Crippen molar-refractivity contribution in [2.75, 3.05) is 14.2 Å². The summed E-state index contributed by atoms with van der Waals surface area (Å²) < 4.78 is 12.3. The maximum Gasteiger partial charge on any atom is 0.258 e. The Morgan fingerprint density at radius 1 is 1.19 bits per heavy atom. The standard InChI is InChI=1S/C15H14N2O3S/c1-19-13-4-3-12-11(14(13)20-2)5-6-17(15(12)18)7-10-8-21-9-16-10/h3-6,8-9H,7H2,1-2H3. The third-order valence-corrected chi connectivity index (χ3v) is 3.95. The molecule has 108 valence electrons. The predicted octanol–water partition coefficient (Wildman–Crippen LogP) is 2.52. The highest BCUT2D eigenvalue weighted by Crippen LogP contribution is 2.33. The van der Waals surface area contributed by atoms with Crippen LogP contribution < -0.4 is 15.0 Å². The first-order chi connectivity index (χ1) is 10.2. The van der Waals surface area contributed by atoms with Crippen LogP contribution in [0, 0.1) is 0 Å². The Balaban J connectivity index is 2.15. The lowest BCUT2D eigenvalue weighted by Gasteiger charge is -2.12. The summed E-state index contributed by atoms with van der Waals surface area (Å²) in [6.45, 7) is 0.465. The van der Waals surface area contributed by atoms with Gasteiger partial charge in [0, 0.05) is 17.0 Å². The second kappa shape index (κ2) is 5.57. The number of fused-ring (bicyclic) bond motifs is 1. The van der Waals surface area contributed by atoms with Gasteiger partial charge in [0.15, 0.2) is 11.5 Å². The Kier molecular flexibility index (Phi) is 3.62. The maximum atomic E-state index is 12.6. The van der Waals surface area contributed by atoms with E-state index in [0.29, 0.717) is 23.4 Å². The first kappa shape index (κ1) is 13.6. The molecule has 2 heterocycles. The van der Waals surface area contributed by atoms with Crippen molar-refractivity contribution in [2.24, 2.45) is 0 Å². The fourth-order valence-corrected chi connectivity index (χ4v) is 2.85. The molecule has 0 bridgehead atoms. The molecule has 6 heteroatoms. The molecule has 0 saturated heterocycles. The van der Waals surface area contributed by atoms with Crippen molar-refractivity contribution in [3.05, 3.63) is 51.3 Å². The summed E-state index contributed by atoms with van der Waals surface area (Å²) in [6, 6.07) is 5.37. The number of aromatic nitrogens is 2. The van der Waals surface area contributed by atoms with Crippen LogP contribution in [0.4, 0.5) is 0 Å². The zero-order valence-electron chi connectivity index (χ0n) is 11.7. The second-order valence-electron chi connectivity index (χ2n) is 4.49. The molecule has 0 aliphatic heterocycles. The van der Waals surface area contributed by atoms with Gasteiger partial charge in [-0.2, -0.15) is 0 Å². The average Bonchev–Trinajstić information content (AvgIpc) is 3.02. The van der Waals surface area contributed by atoms with Crippen molar-refractivity contribution in [3.63, 3.8) is 0 Å². The molecule has 0 atom stereocenters. The van der Waals surface area contributed by atoms with Gasteiger partial charge >= 0.3 is 0 Å². The zero-order valence-corrected chi connectivity index (χ0v) is 12.5. The van der Waals surface area contributed by atoms with Crippen LogP contribution in [0.1, 0.15) is 5.69 Å². The number of hydrogen-bond donors (Lipinski definition) is 0. The smallest absolute Gasteiger partial charge is 0.258 e. The lowest BCUT2D eigenvalue weighted by molar-refractivity contribution is 0.358. The van der Waals surface area contributed by atoms with E-state index in [2.05, 4.69) is 4.98 Å². The summed E-state index contributed by atoms with van der Waals surface area (Å²) in [5.74, 6) is 1.19. The van der Waals surface area contributed by atoms with Gasteiger partial charge in [0.1, 0.15) is 0 Å². The quantitative estimate of drug-likeness (QED) is 0.743. The second-order valence-corrected chi connectivity index (χ2v) is 5.21. The maximum absolute atomic E-state index is 12.6. The summed E-state index contributed by atoms with van der Waals surface area (Å²) in [5, 5.41) is 3.28. The minimum Gasteiger partial charge on any atom is -0.493 e. The number of pyridine rings is 1. The van der Waals surface area contributed by atoms with Crippen molar-refractivity contribution in [1.29, 1.82) is 0 Å². The van der Waals surface area contributed by atoms with E-state index in [1.165, 1.54) is 11.3 Å². The van der Waals surface area contributed by atoms with Gasteiger partial charge in [0.2, 0.25) is 0 Å². The van der Waals surface area contributed by atoms with Crippen LogP contribution in [0.15, 0.2) is 40.1 Å². The molecule has 0 N–H and O–H groups in total. The summed E-state index contributed by atoms with van der Waals surface area (Å²) in [6.07, 6.45) is 1.76. The van der Waals surface area contributed by atoms with Crippen LogP contribution >= 0.6 is 11.3 Å². The van der Waals surface area contributed by atoms with Gasteiger partial charge < -0.3 is 14.0 Å². The van der Waals surface area contributed by atoms with Gasteiger partial charge in [-0.15, -0.1) is 11.3 Å². The van der Waals surface area contributed by atoms with Crippen molar-refractivity contribution in [1.82, 2.24) is 9.55 Å². The molecule has 2 aromatic heterocycles. The van der Waals surface area contributed by atoms with Gasteiger partial charge in [-0.1, -0.05) is 0 Å². The lowest BCUT2D eigenvalue weighted by atomic mass is 10.1. The molecule has 0 saturated carbocycles. The Bertz CT molecular complexity index is 825. The molecule has 3 aromatic rings. The van der Waals surface area contributed by atoms with E-state index in [1.807, 2.05) is 11.4 Å². The number of hydrogen-bond acceptors (Lipinski definition) is 5. The highest BCUT2D eigenvalue weighted by atomic mass is 32.1. The molecular weight excluding hydrogens is 288 g/mol. The van der Waals surface area contributed by atoms with Crippen molar-refractivity contribution in [3.8, 4) is 11.5 Å². The highest BCUT2D eigenvalue weighted by Gasteiger charge is 2.12. The number of nitrogens with zero attached hydrogens (tertiary/aromatic N) is 2. The van der Waals surface area contributed by atoms with Crippen LogP contribution in [-0.4, -0.2) is 23.8 Å². The van der Waals surface area contributed by atoms with E-state index in [1.54, 1.807) is 42.6 Å². The van der Waals surface area contributed by atoms with Gasteiger partial charge in [-0.05, 0) is 18.2 Å². The topological polar surface area (TPSA) is 53.4 Å². The van der Waals surface area contributed by atoms with Crippen LogP contribution in [0.25, 0.3) is 10.8 Å². The van der Waals surface area contributed by atoms with E-state index in [9.17, 15) is 4.79 Å². The van der Waals surface area contributed by atoms with Crippen molar-refractivity contribution >= 4 is 22.1 Å². The molecule has 0 fully saturated rings. The molecule has 1 aromatic carbocycles. The predicted molar refractivity (Wildman–Crippen MR) is 82.5 cm³/mol. The normalized spacial score (nSPS) is 10.8. The molecule has 0 unspecified atom stereocenters. The molecule has 3 rings (SSSR count). The Morgan fingerprint density at radius 2 is 2.05 bits per heavy atom. The first-order valence-electron chi connectivity index (χ1n) is 6.36. The lowest BCUT2D eigenvalue weighted by Crippen LogP contribution is -2.20. The summed E-state index contributed by atoms with van der Waals surface area (Å²) in [7, 11) is 3.14. The van der Waals surface area contributed by atoms with Gasteiger partial charge in [-0.25, -0.2) is 4.98 Å². The fourth-order valence-electron chi connectivity index (χ4n) is 2.30. The third-order valence-electron chi connectivity index (χ3n) is 3.31. The molecule has 0 aliphatic carbocycles. The SMILES string of the molecule is COc1ccc2c(=O)n(Cc3cscn3)ccc2c1OC. The fraction of sp³-hybridized carbons (Fsp3) is 0.200. The Morgan fingerprint density at radius 3 is 2.71 bits per heavy atom. The molecule has 0 radical (unpaired) electrons. The highest BCUT2D eigenvalue weighted by molar-refractivity contribution is 7.07.